The molecule has 3 rings (SSSR count). The van der Waals surface area contributed by atoms with Crippen molar-refractivity contribution in [1.82, 2.24) is 20.1 Å². The first kappa shape index (κ1) is 17.4. The van der Waals surface area contributed by atoms with E-state index in [1.807, 2.05) is 29.0 Å². The number of thiophene rings is 1. The molecule has 2 aromatic heterocycles. The average Bonchev–Trinajstić information content (AvgIpc) is 3.24. The summed E-state index contributed by atoms with van der Waals surface area (Å²) in [4.78, 5) is 13.1. The van der Waals surface area contributed by atoms with Gasteiger partial charge in [-0.05, 0) is 24.8 Å². The summed E-state index contributed by atoms with van der Waals surface area (Å²) in [5, 5.41) is 13.9. The molecule has 130 valence electrons. The molecule has 0 aliphatic carbocycles. The molecule has 1 aliphatic rings. The zero-order valence-corrected chi connectivity index (χ0v) is 15.6. The van der Waals surface area contributed by atoms with Crippen LogP contribution in [0.3, 0.4) is 0 Å². The normalized spacial score (nSPS) is 19.5. The third-order valence-electron chi connectivity index (χ3n) is 3.70. The second-order valence-electron chi connectivity index (χ2n) is 5.48. The molecule has 3 heterocycles. The minimum atomic E-state index is -2.99. The lowest BCUT2D eigenvalue weighted by Crippen LogP contribution is -2.36. The number of amides is 1. The highest BCUT2D eigenvalue weighted by molar-refractivity contribution is 7.99. The van der Waals surface area contributed by atoms with Gasteiger partial charge in [0.25, 0.3) is 0 Å². The summed E-state index contributed by atoms with van der Waals surface area (Å²) in [5.74, 6) is 1.01. The Kier molecular flexibility index (Phi) is 5.26. The average molecular weight is 387 g/mol. The lowest BCUT2D eigenvalue weighted by atomic mass is 10.3. The molecule has 1 atom stereocenters. The van der Waals surface area contributed by atoms with Crippen LogP contribution in [0, 0.1) is 0 Å². The number of thioether (sulfide) groups is 1. The summed E-state index contributed by atoms with van der Waals surface area (Å²) in [7, 11) is -2.99. The van der Waals surface area contributed by atoms with Gasteiger partial charge in [-0.1, -0.05) is 17.8 Å². The van der Waals surface area contributed by atoms with E-state index in [9.17, 15) is 13.2 Å². The number of sulfone groups is 1. The van der Waals surface area contributed by atoms with Crippen molar-refractivity contribution < 1.29 is 13.2 Å². The lowest BCUT2D eigenvalue weighted by molar-refractivity contribution is -0.119. The van der Waals surface area contributed by atoms with E-state index in [-0.39, 0.29) is 29.2 Å². The Hall–Kier alpha value is -1.39. The van der Waals surface area contributed by atoms with Crippen LogP contribution in [-0.4, -0.2) is 52.4 Å². The second kappa shape index (κ2) is 7.24. The maximum Gasteiger partial charge on any atom is 0.230 e. The van der Waals surface area contributed by atoms with E-state index in [0.717, 1.165) is 10.7 Å². The number of hydrogen-bond donors (Lipinski definition) is 1. The summed E-state index contributed by atoms with van der Waals surface area (Å²) in [5.41, 5.74) is 0. The Balaban J connectivity index is 1.60. The molecule has 0 aromatic carbocycles. The minimum absolute atomic E-state index is 0.0388. The molecule has 0 radical (unpaired) electrons. The first-order chi connectivity index (χ1) is 11.5. The van der Waals surface area contributed by atoms with Crippen LogP contribution >= 0.6 is 23.1 Å². The number of carbonyl (C=O) groups excluding carboxylic acids is 1. The molecule has 1 aliphatic heterocycles. The van der Waals surface area contributed by atoms with E-state index in [2.05, 4.69) is 15.5 Å². The molecule has 0 unspecified atom stereocenters. The number of nitrogens with zero attached hydrogens (tertiary/aromatic N) is 3. The van der Waals surface area contributed by atoms with Gasteiger partial charge < -0.3 is 9.88 Å². The van der Waals surface area contributed by atoms with Crippen molar-refractivity contribution in [2.45, 2.75) is 31.1 Å². The molecule has 1 saturated heterocycles. The van der Waals surface area contributed by atoms with Gasteiger partial charge in [0.1, 0.15) is 0 Å². The Labute approximate surface area is 148 Å². The third-order valence-corrected chi connectivity index (χ3v) is 7.31. The fourth-order valence-electron chi connectivity index (χ4n) is 2.58. The first-order valence-corrected chi connectivity index (χ1v) is 11.3. The Morgan fingerprint density at radius 1 is 1.50 bits per heavy atom. The van der Waals surface area contributed by atoms with E-state index in [4.69, 9.17) is 0 Å². The van der Waals surface area contributed by atoms with Crippen molar-refractivity contribution in [3.8, 4) is 10.7 Å². The molecule has 1 fully saturated rings. The van der Waals surface area contributed by atoms with Crippen LogP contribution in [0.2, 0.25) is 0 Å². The standard InChI is InChI=1S/C14H18N4O3S3/c1-2-18-13(11-4-3-6-22-11)16-17-14(18)23-8-12(19)15-10-5-7-24(20,21)9-10/h3-4,6,10H,2,5,7-9H2,1H3,(H,15,19)/t10-/m1/s1. The molecule has 10 heteroatoms. The molecule has 1 amide bonds. The van der Waals surface area contributed by atoms with E-state index in [1.165, 1.54) is 11.8 Å². The molecule has 24 heavy (non-hydrogen) atoms. The van der Waals surface area contributed by atoms with Gasteiger partial charge in [-0.3, -0.25) is 4.79 Å². The van der Waals surface area contributed by atoms with Crippen LogP contribution in [-0.2, 0) is 21.2 Å². The SMILES string of the molecule is CCn1c(SCC(=O)N[C@@H]2CCS(=O)(=O)C2)nnc1-c1cccs1. The maximum absolute atomic E-state index is 12.0. The molecule has 0 bridgehead atoms. The molecule has 2 aromatic rings. The van der Waals surface area contributed by atoms with Crippen molar-refractivity contribution in [2.24, 2.45) is 0 Å². The zero-order valence-electron chi connectivity index (χ0n) is 13.1. The fourth-order valence-corrected chi connectivity index (χ4v) is 5.78. The molecular weight excluding hydrogens is 368 g/mol. The Bertz CT molecular complexity index is 814. The highest BCUT2D eigenvalue weighted by Gasteiger charge is 2.29. The molecule has 0 spiro atoms. The van der Waals surface area contributed by atoms with Gasteiger partial charge >= 0.3 is 0 Å². The zero-order chi connectivity index (χ0) is 17.2. The number of hydrogen-bond acceptors (Lipinski definition) is 7. The van der Waals surface area contributed by atoms with E-state index in [0.29, 0.717) is 18.1 Å². The van der Waals surface area contributed by atoms with Gasteiger partial charge in [-0.2, -0.15) is 0 Å². The Morgan fingerprint density at radius 3 is 2.96 bits per heavy atom. The summed E-state index contributed by atoms with van der Waals surface area (Å²) in [6, 6.07) is 3.68. The summed E-state index contributed by atoms with van der Waals surface area (Å²) >= 11 is 2.91. The van der Waals surface area contributed by atoms with Crippen LogP contribution in [0.4, 0.5) is 0 Å². The largest absolute Gasteiger partial charge is 0.352 e. The van der Waals surface area contributed by atoms with Gasteiger partial charge in [0, 0.05) is 12.6 Å². The highest BCUT2D eigenvalue weighted by Crippen LogP contribution is 2.27. The highest BCUT2D eigenvalue weighted by atomic mass is 32.2. The maximum atomic E-state index is 12.0. The molecule has 7 nitrogen and oxygen atoms in total. The van der Waals surface area contributed by atoms with Gasteiger partial charge in [-0.25, -0.2) is 8.42 Å². The summed E-state index contributed by atoms with van der Waals surface area (Å²) in [6.07, 6.45) is 0.492. The number of carbonyl (C=O) groups is 1. The predicted octanol–water partition coefficient (Wildman–Crippen LogP) is 1.42. The van der Waals surface area contributed by atoms with Crippen LogP contribution in [0.5, 0.6) is 0 Å². The Morgan fingerprint density at radius 2 is 2.33 bits per heavy atom. The van der Waals surface area contributed by atoms with Gasteiger partial charge in [0.05, 0.1) is 22.1 Å². The summed E-state index contributed by atoms with van der Waals surface area (Å²) < 4.78 is 24.8. The number of rotatable bonds is 6. The van der Waals surface area contributed by atoms with Gasteiger partial charge in [-0.15, -0.1) is 21.5 Å². The second-order valence-corrected chi connectivity index (χ2v) is 9.60. The van der Waals surface area contributed by atoms with E-state index in [1.54, 1.807) is 11.3 Å². The fraction of sp³-hybridized carbons (Fsp3) is 0.500. The van der Waals surface area contributed by atoms with Crippen LogP contribution < -0.4 is 5.32 Å². The molecular formula is C14H18N4O3S3. The quantitative estimate of drug-likeness (QED) is 0.755. The van der Waals surface area contributed by atoms with Crippen molar-refractivity contribution in [1.29, 1.82) is 0 Å². The van der Waals surface area contributed by atoms with Crippen LogP contribution in [0.25, 0.3) is 10.7 Å². The van der Waals surface area contributed by atoms with E-state index < -0.39 is 9.84 Å². The van der Waals surface area contributed by atoms with Gasteiger partial charge in [0.15, 0.2) is 20.8 Å². The lowest BCUT2D eigenvalue weighted by Gasteiger charge is -2.10. The van der Waals surface area contributed by atoms with E-state index >= 15 is 0 Å². The third kappa shape index (κ3) is 3.98. The predicted molar refractivity (Wildman–Crippen MR) is 94.9 cm³/mol. The number of nitrogens with one attached hydrogen (secondary N) is 1. The molecule has 0 saturated carbocycles. The monoisotopic (exact) mass is 386 g/mol. The van der Waals surface area contributed by atoms with Crippen molar-refractivity contribution in [3.63, 3.8) is 0 Å². The topological polar surface area (TPSA) is 94.0 Å². The van der Waals surface area contributed by atoms with Crippen molar-refractivity contribution >= 4 is 38.8 Å². The minimum Gasteiger partial charge on any atom is -0.352 e. The van der Waals surface area contributed by atoms with Crippen LogP contribution in [0.15, 0.2) is 22.7 Å². The van der Waals surface area contributed by atoms with Gasteiger partial charge in [0.2, 0.25) is 5.91 Å². The molecule has 1 N–H and O–H groups in total. The first-order valence-electron chi connectivity index (χ1n) is 7.58. The van der Waals surface area contributed by atoms with Crippen LogP contribution in [0.1, 0.15) is 13.3 Å². The smallest absolute Gasteiger partial charge is 0.230 e. The number of aromatic nitrogens is 3. The van der Waals surface area contributed by atoms with Crippen molar-refractivity contribution in [2.75, 3.05) is 17.3 Å². The summed E-state index contributed by atoms with van der Waals surface area (Å²) in [6.45, 7) is 2.72. The van der Waals surface area contributed by atoms with Crippen molar-refractivity contribution in [3.05, 3.63) is 17.5 Å².